The highest BCUT2D eigenvalue weighted by molar-refractivity contribution is 9.11. The molecule has 0 radical (unpaired) electrons. The molecule has 0 aliphatic heterocycles. The van der Waals surface area contributed by atoms with Crippen molar-refractivity contribution in [1.29, 1.82) is 0 Å². The summed E-state index contributed by atoms with van der Waals surface area (Å²) in [5.41, 5.74) is 4.22. The van der Waals surface area contributed by atoms with Gasteiger partial charge in [0, 0.05) is 22.3 Å². The smallest absolute Gasteiger partial charge is 0.148 e. The fraction of sp³-hybridized carbons (Fsp3) is 0.143. The molecule has 6 heteroatoms. The molecule has 0 saturated heterocycles. The molecule has 0 aromatic heterocycles. The van der Waals surface area contributed by atoms with Crippen molar-refractivity contribution < 1.29 is 4.74 Å². The van der Waals surface area contributed by atoms with Crippen LogP contribution in [-0.2, 0) is 13.2 Å². The molecule has 3 aromatic rings. The Morgan fingerprint density at radius 2 is 1.56 bits per heavy atom. The third-order valence-electron chi connectivity index (χ3n) is 4.02. The third-order valence-corrected chi connectivity index (χ3v) is 5.86. The largest absolute Gasteiger partial charge is 0.487 e. The number of ether oxygens (including phenoxy) is 1. The van der Waals surface area contributed by atoms with Gasteiger partial charge in [0.1, 0.15) is 12.4 Å². The van der Waals surface area contributed by atoms with Crippen molar-refractivity contribution in [2.75, 3.05) is 5.32 Å². The Morgan fingerprint density at radius 1 is 0.889 bits per heavy atom. The Hall–Kier alpha value is -1.20. The van der Waals surface area contributed by atoms with Crippen LogP contribution in [0, 0.1) is 6.92 Å². The topological polar surface area (TPSA) is 21.3 Å². The first-order valence-corrected chi connectivity index (χ1v) is 10.6. The van der Waals surface area contributed by atoms with Crippen molar-refractivity contribution in [2.24, 2.45) is 0 Å². The van der Waals surface area contributed by atoms with Gasteiger partial charge in [-0.25, -0.2) is 0 Å². The molecule has 0 heterocycles. The van der Waals surface area contributed by atoms with Crippen LogP contribution in [0.2, 0.25) is 10.0 Å². The van der Waals surface area contributed by atoms with E-state index in [1.807, 2.05) is 61.5 Å². The minimum Gasteiger partial charge on any atom is -0.487 e. The van der Waals surface area contributed by atoms with Crippen LogP contribution < -0.4 is 10.1 Å². The summed E-state index contributed by atoms with van der Waals surface area (Å²) in [4.78, 5) is 0. The number of anilines is 1. The van der Waals surface area contributed by atoms with Crippen molar-refractivity contribution in [3.63, 3.8) is 0 Å². The van der Waals surface area contributed by atoms with E-state index < -0.39 is 0 Å². The molecule has 0 saturated carbocycles. The maximum atomic E-state index is 6.18. The van der Waals surface area contributed by atoms with Crippen molar-refractivity contribution in [2.45, 2.75) is 20.1 Å². The second kappa shape index (κ2) is 9.33. The molecule has 0 amide bonds. The molecule has 0 aliphatic carbocycles. The summed E-state index contributed by atoms with van der Waals surface area (Å²) in [6.45, 7) is 3.13. The third kappa shape index (κ3) is 5.64. The van der Waals surface area contributed by atoms with E-state index in [0.717, 1.165) is 42.1 Å². The van der Waals surface area contributed by atoms with Gasteiger partial charge in [-0.2, -0.15) is 0 Å². The molecule has 0 bridgehead atoms. The highest BCUT2D eigenvalue weighted by Gasteiger charge is 2.10. The van der Waals surface area contributed by atoms with Crippen LogP contribution in [0.15, 0.2) is 63.5 Å². The van der Waals surface area contributed by atoms with Gasteiger partial charge >= 0.3 is 0 Å². The molecule has 140 valence electrons. The number of benzene rings is 3. The van der Waals surface area contributed by atoms with E-state index in [2.05, 4.69) is 37.2 Å². The fourth-order valence-corrected chi connectivity index (χ4v) is 4.31. The van der Waals surface area contributed by atoms with Gasteiger partial charge in [-0.15, -0.1) is 0 Å². The molecular formula is C21H17Br2Cl2NO. The van der Waals surface area contributed by atoms with Crippen LogP contribution in [0.25, 0.3) is 0 Å². The summed E-state index contributed by atoms with van der Waals surface area (Å²) in [7, 11) is 0. The molecule has 2 nitrogen and oxygen atoms in total. The van der Waals surface area contributed by atoms with Gasteiger partial charge in [-0.05, 0) is 91.9 Å². The Morgan fingerprint density at radius 3 is 2.19 bits per heavy atom. The Bertz CT molecular complexity index is 922. The van der Waals surface area contributed by atoms with Crippen molar-refractivity contribution in [1.82, 2.24) is 0 Å². The highest BCUT2D eigenvalue weighted by atomic mass is 79.9. The van der Waals surface area contributed by atoms with E-state index in [9.17, 15) is 0 Å². The molecule has 0 spiro atoms. The lowest BCUT2D eigenvalue weighted by atomic mass is 10.2. The van der Waals surface area contributed by atoms with Gasteiger partial charge in [0.25, 0.3) is 0 Å². The van der Waals surface area contributed by atoms with Crippen molar-refractivity contribution in [3.05, 3.63) is 90.3 Å². The fourth-order valence-electron chi connectivity index (χ4n) is 2.50. The lowest BCUT2D eigenvalue weighted by molar-refractivity contribution is 0.302. The minimum absolute atomic E-state index is 0.466. The van der Waals surface area contributed by atoms with E-state index in [4.69, 9.17) is 27.9 Å². The van der Waals surface area contributed by atoms with E-state index in [0.29, 0.717) is 18.2 Å². The quantitative estimate of drug-likeness (QED) is 0.349. The summed E-state index contributed by atoms with van der Waals surface area (Å²) in [6, 6.07) is 17.7. The van der Waals surface area contributed by atoms with Gasteiger partial charge in [-0.3, -0.25) is 0 Å². The SMILES string of the molecule is Cc1ccc(NCc2cc(Br)c(OCc3ccc(Cl)cc3)c(Br)c2)cc1Cl. The molecule has 0 fully saturated rings. The summed E-state index contributed by atoms with van der Waals surface area (Å²) in [5, 5.41) is 4.86. The van der Waals surface area contributed by atoms with Gasteiger partial charge in [0.15, 0.2) is 0 Å². The molecule has 0 aliphatic rings. The lowest BCUT2D eigenvalue weighted by Crippen LogP contribution is -2.01. The molecule has 0 atom stereocenters. The number of hydrogen-bond donors (Lipinski definition) is 1. The normalized spacial score (nSPS) is 10.7. The summed E-state index contributed by atoms with van der Waals surface area (Å²) < 4.78 is 7.75. The van der Waals surface area contributed by atoms with E-state index in [1.165, 1.54) is 0 Å². The summed E-state index contributed by atoms with van der Waals surface area (Å²) in [5.74, 6) is 0.770. The maximum Gasteiger partial charge on any atom is 0.148 e. The molecule has 27 heavy (non-hydrogen) atoms. The number of nitrogens with one attached hydrogen (secondary N) is 1. The van der Waals surface area contributed by atoms with Gasteiger partial charge in [0.05, 0.1) is 8.95 Å². The van der Waals surface area contributed by atoms with Crippen LogP contribution in [0.4, 0.5) is 5.69 Å². The van der Waals surface area contributed by atoms with Crippen LogP contribution >= 0.6 is 55.1 Å². The number of hydrogen-bond acceptors (Lipinski definition) is 2. The first kappa shape index (κ1) is 20.5. The average molecular weight is 530 g/mol. The lowest BCUT2D eigenvalue weighted by Gasteiger charge is -2.14. The van der Waals surface area contributed by atoms with E-state index in [1.54, 1.807) is 0 Å². The predicted molar refractivity (Wildman–Crippen MR) is 121 cm³/mol. The first-order valence-electron chi connectivity index (χ1n) is 8.27. The molecular weight excluding hydrogens is 513 g/mol. The second-order valence-corrected chi connectivity index (χ2v) is 8.67. The minimum atomic E-state index is 0.466. The number of rotatable bonds is 6. The zero-order valence-corrected chi connectivity index (χ0v) is 19.2. The standard InChI is InChI=1S/C21H17Br2Cl2NO/c1-13-2-7-17(10-20(13)25)26-11-15-8-18(22)21(19(23)9-15)27-12-14-3-5-16(24)6-4-14/h2-10,26H,11-12H2,1H3. The zero-order chi connectivity index (χ0) is 19.4. The molecule has 0 unspecified atom stereocenters. The Balaban J connectivity index is 1.66. The highest BCUT2D eigenvalue weighted by Crippen LogP contribution is 2.35. The van der Waals surface area contributed by atoms with Crippen molar-refractivity contribution in [3.8, 4) is 5.75 Å². The van der Waals surface area contributed by atoms with Crippen LogP contribution in [-0.4, -0.2) is 0 Å². The van der Waals surface area contributed by atoms with Crippen molar-refractivity contribution >= 4 is 60.7 Å². The average Bonchev–Trinajstić information content (AvgIpc) is 2.63. The van der Waals surface area contributed by atoms with Crippen LogP contribution in [0.5, 0.6) is 5.75 Å². The Labute approximate surface area is 186 Å². The monoisotopic (exact) mass is 527 g/mol. The van der Waals surface area contributed by atoms with Gasteiger partial charge < -0.3 is 10.1 Å². The van der Waals surface area contributed by atoms with E-state index >= 15 is 0 Å². The molecule has 1 N–H and O–H groups in total. The molecule has 3 rings (SSSR count). The second-order valence-electron chi connectivity index (χ2n) is 6.12. The van der Waals surface area contributed by atoms with Crippen LogP contribution in [0.3, 0.4) is 0 Å². The zero-order valence-electron chi connectivity index (χ0n) is 14.5. The van der Waals surface area contributed by atoms with E-state index in [-0.39, 0.29) is 0 Å². The predicted octanol–water partition coefficient (Wildman–Crippen LogP) is 8.02. The summed E-state index contributed by atoms with van der Waals surface area (Å²) in [6.07, 6.45) is 0. The summed E-state index contributed by atoms with van der Waals surface area (Å²) >= 11 is 19.3. The van der Waals surface area contributed by atoms with Gasteiger partial charge in [-0.1, -0.05) is 41.4 Å². The Kier molecular flexibility index (Phi) is 7.10. The van der Waals surface area contributed by atoms with Crippen LogP contribution in [0.1, 0.15) is 16.7 Å². The molecule has 3 aromatic carbocycles. The maximum absolute atomic E-state index is 6.18. The number of aryl methyl sites for hydroxylation is 1. The first-order chi connectivity index (χ1) is 12.9. The number of halogens is 4. The van der Waals surface area contributed by atoms with Gasteiger partial charge in [0.2, 0.25) is 0 Å².